The summed E-state index contributed by atoms with van der Waals surface area (Å²) in [4.78, 5) is 41.7. The number of ether oxygens (including phenoxy) is 1. The van der Waals surface area contributed by atoms with Gasteiger partial charge in [0.15, 0.2) is 5.82 Å². The molecule has 0 radical (unpaired) electrons. The van der Waals surface area contributed by atoms with Gasteiger partial charge in [0.05, 0.1) is 12.5 Å². The molecule has 2 aliphatic rings. The number of likely N-dealkylation sites (tertiary alicyclic amines) is 1. The van der Waals surface area contributed by atoms with Gasteiger partial charge in [-0.25, -0.2) is 14.4 Å². The smallest absolute Gasteiger partial charge is 0.310 e. The van der Waals surface area contributed by atoms with Crippen LogP contribution in [0.2, 0.25) is 0 Å². The summed E-state index contributed by atoms with van der Waals surface area (Å²) >= 11 is 0. The molecule has 1 unspecified atom stereocenters. The third-order valence-electron chi connectivity index (χ3n) is 7.47. The van der Waals surface area contributed by atoms with E-state index < -0.39 is 0 Å². The van der Waals surface area contributed by atoms with Crippen molar-refractivity contribution >= 4 is 23.4 Å². The highest BCUT2D eigenvalue weighted by atomic mass is 19.1. The number of amides is 1. The Hall–Kier alpha value is -4.01. The van der Waals surface area contributed by atoms with Gasteiger partial charge in [-0.3, -0.25) is 9.59 Å². The fourth-order valence-corrected chi connectivity index (χ4v) is 5.36. The fraction of sp³-hybridized carbons (Fsp3) is 0.400. The molecule has 3 aromatic rings. The van der Waals surface area contributed by atoms with E-state index >= 15 is 0 Å². The van der Waals surface area contributed by atoms with E-state index in [-0.39, 0.29) is 23.6 Å². The Balaban J connectivity index is 1.42. The minimum Gasteiger partial charge on any atom is -0.466 e. The predicted octanol–water partition coefficient (Wildman–Crippen LogP) is 4.33. The molecule has 0 spiro atoms. The lowest BCUT2D eigenvalue weighted by Crippen LogP contribution is -2.48. The summed E-state index contributed by atoms with van der Waals surface area (Å²) in [7, 11) is 0. The van der Waals surface area contributed by atoms with Gasteiger partial charge in [0.2, 0.25) is 0 Å². The molecule has 3 heterocycles. The average Bonchev–Trinajstić information content (AvgIpc) is 2.97. The Morgan fingerprint density at radius 1 is 1.00 bits per heavy atom. The van der Waals surface area contributed by atoms with Crippen molar-refractivity contribution in [2.75, 3.05) is 55.7 Å². The minimum atomic E-state index is -0.334. The highest BCUT2D eigenvalue weighted by Gasteiger charge is 2.32. The van der Waals surface area contributed by atoms with Gasteiger partial charge in [-0.05, 0) is 62.6 Å². The summed E-state index contributed by atoms with van der Waals surface area (Å²) in [6.45, 7) is 8.02. The van der Waals surface area contributed by atoms with Crippen LogP contribution in [0.3, 0.4) is 0 Å². The minimum absolute atomic E-state index is 0.189. The van der Waals surface area contributed by atoms with Crippen LogP contribution in [0.25, 0.3) is 11.4 Å². The molecule has 0 N–H and O–H groups in total. The van der Waals surface area contributed by atoms with Crippen LogP contribution in [-0.4, -0.2) is 72.6 Å². The summed E-state index contributed by atoms with van der Waals surface area (Å²) in [5, 5.41) is 0. The zero-order chi connectivity index (χ0) is 27.4. The summed E-state index contributed by atoms with van der Waals surface area (Å²) < 4.78 is 18.8. The zero-order valence-corrected chi connectivity index (χ0v) is 22.5. The van der Waals surface area contributed by atoms with Crippen molar-refractivity contribution in [1.82, 2.24) is 14.9 Å². The average molecular weight is 532 g/mol. The van der Waals surface area contributed by atoms with Crippen molar-refractivity contribution in [2.45, 2.75) is 26.7 Å². The molecule has 1 amide bonds. The number of piperazine rings is 1. The van der Waals surface area contributed by atoms with Crippen molar-refractivity contribution in [1.29, 1.82) is 0 Å². The molecule has 2 fully saturated rings. The Morgan fingerprint density at radius 3 is 2.44 bits per heavy atom. The number of nitrogens with zero attached hydrogens (tertiary/aromatic N) is 5. The van der Waals surface area contributed by atoms with Gasteiger partial charge in [0.1, 0.15) is 17.2 Å². The number of para-hydroxylation sites is 1. The quantitative estimate of drug-likeness (QED) is 0.438. The van der Waals surface area contributed by atoms with Gasteiger partial charge >= 0.3 is 5.97 Å². The lowest BCUT2D eigenvalue weighted by atomic mass is 9.97. The summed E-state index contributed by atoms with van der Waals surface area (Å²) in [5.74, 6) is -0.109. The number of esters is 1. The fourth-order valence-electron chi connectivity index (χ4n) is 5.36. The number of hydrogen-bond donors (Lipinski definition) is 0. The van der Waals surface area contributed by atoms with E-state index in [0.717, 1.165) is 19.5 Å². The number of rotatable bonds is 6. The molecule has 0 saturated carbocycles. The monoisotopic (exact) mass is 531 g/mol. The van der Waals surface area contributed by atoms with Crippen LogP contribution in [0.5, 0.6) is 0 Å². The van der Waals surface area contributed by atoms with Gasteiger partial charge in [-0.1, -0.05) is 18.2 Å². The number of anilines is 2. The van der Waals surface area contributed by atoms with Crippen LogP contribution >= 0.6 is 0 Å². The number of piperidine rings is 1. The number of halogens is 1. The number of carbonyl (C=O) groups is 2. The van der Waals surface area contributed by atoms with Crippen LogP contribution in [0.4, 0.5) is 15.9 Å². The van der Waals surface area contributed by atoms with E-state index in [0.29, 0.717) is 62.0 Å². The van der Waals surface area contributed by atoms with E-state index in [1.54, 1.807) is 30.2 Å². The molecule has 2 saturated heterocycles. The second kappa shape index (κ2) is 11.8. The van der Waals surface area contributed by atoms with Crippen molar-refractivity contribution in [3.05, 3.63) is 71.7 Å². The number of aromatic nitrogens is 2. The van der Waals surface area contributed by atoms with Gasteiger partial charge < -0.3 is 19.4 Å². The Kier molecular flexibility index (Phi) is 8.05. The highest BCUT2D eigenvalue weighted by Crippen LogP contribution is 2.28. The first-order chi connectivity index (χ1) is 18.9. The number of carbonyl (C=O) groups excluding carboxylic acids is 2. The molecule has 9 heteroatoms. The topological polar surface area (TPSA) is 78.9 Å². The molecule has 1 aromatic heterocycles. The van der Waals surface area contributed by atoms with Crippen LogP contribution in [0, 0.1) is 18.7 Å². The molecule has 5 rings (SSSR count). The Morgan fingerprint density at radius 2 is 1.72 bits per heavy atom. The third kappa shape index (κ3) is 5.87. The van der Waals surface area contributed by atoms with Gasteiger partial charge in [0.25, 0.3) is 5.91 Å². The predicted molar refractivity (Wildman–Crippen MR) is 148 cm³/mol. The zero-order valence-electron chi connectivity index (χ0n) is 22.5. The molecular formula is C30H34FN5O3. The van der Waals surface area contributed by atoms with Crippen molar-refractivity contribution in [3.63, 3.8) is 0 Å². The van der Waals surface area contributed by atoms with Crippen LogP contribution in [0.1, 0.15) is 35.7 Å². The lowest BCUT2D eigenvalue weighted by Gasteiger charge is -2.38. The molecule has 204 valence electrons. The second-order valence-corrected chi connectivity index (χ2v) is 10.0. The van der Waals surface area contributed by atoms with Crippen LogP contribution in [0.15, 0.2) is 54.7 Å². The van der Waals surface area contributed by atoms with E-state index in [1.807, 2.05) is 12.1 Å². The van der Waals surface area contributed by atoms with Crippen molar-refractivity contribution in [3.8, 4) is 11.4 Å². The van der Waals surface area contributed by atoms with Gasteiger partial charge in [-0.2, -0.15) is 0 Å². The summed E-state index contributed by atoms with van der Waals surface area (Å²) in [6, 6.07) is 14.4. The number of hydrogen-bond acceptors (Lipinski definition) is 7. The molecule has 1 atom stereocenters. The molecule has 2 aliphatic heterocycles. The van der Waals surface area contributed by atoms with Gasteiger partial charge in [0, 0.05) is 56.7 Å². The first kappa shape index (κ1) is 26.6. The Bertz CT molecular complexity index is 1320. The first-order valence-electron chi connectivity index (χ1n) is 13.6. The van der Waals surface area contributed by atoms with E-state index in [2.05, 4.69) is 33.8 Å². The lowest BCUT2D eigenvalue weighted by molar-refractivity contribution is -0.149. The first-order valence-corrected chi connectivity index (χ1v) is 13.6. The van der Waals surface area contributed by atoms with Crippen LogP contribution in [-0.2, 0) is 9.53 Å². The molecule has 2 aromatic carbocycles. The largest absolute Gasteiger partial charge is 0.466 e. The standard InChI is InChI=1S/C30H34FN5O3/c1-3-39-30(38)23-8-6-14-36(20-23)29(37)25-19-32-27(22-10-12-24(31)13-11-22)33-28(25)35-17-15-34(16-18-35)26-9-5-4-7-21(26)2/h4-5,7,9-13,19,23H,3,6,8,14-18,20H2,1-2H3. The molecule has 0 aliphatic carbocycles. The van der Waals surface area contributed by atoms with Gasteiger partial charge in [-0.15, -0.1) is 0 Å². The molecular weight excluding hydrogens is 497 g/mol. The Labute approximate surface area is 228 Å². The molecule has 39 heavy (non-hydrogen) atoms. The maximum absolute atomic E-state index is 13.8. The second-order valence-electron chi connectivity index (χ2n) is 10.0. The van der Waals surface area contributed by atoms with E-state index in [4.69, 9.17) is 9.72 Å². The van der Waals surface area contributed by atoms with Crippen molar-refractivity contribution < 1.29 is 18.7 Å². The highest BCUT2D eigenvalue weighted by molar-refractivity contribution is 5.99. The maximum Gasteiger partial charge on any atom is 0.310 e. The van der Waals surface area contributed by atoms with E-state index in [9.17, 15) is 14.0 Å². The SMILES string of the molecule is CCOC(=O)C1CCCN(C(=O)c2cnc(-c3ccc(F)cc3)nc2N2CCN(c3ccccc3C)CC2)C1. The van der Waals surface area contributed by atoms with Crippen LogP contribution < -0.4 is 9.80 Å². The number of aryl methyl sites for hydroxylation is 1. The summed E-state index contributed by atoms with van der Waals surface area (Å²) in [5.41, 5.74) is 3.52. The molecule has 8 nitrogen and oxygen atoms in total. The number of benzene rings is 2. The molecule has 0 bridgehead atoms. The normalized spacial score (nSPS) is 17.7. The maximum atomic E-state index is 13.8. The third-order valence-corrected chi connectivity index (χ3v) is 7.47. The van der Waals surface area contributed by atoms with E-state index in [1.165, 1.54) is 23.4 Å². The van der Waals surface area contributed by atoms with Crippen molar-refractivity contribution in [2.24, 2.45) is 5.92 Å². The summed E-state index contributed by atoms with van der Waals surface area (Å²) in [6.07, 6.45) is 3.01.